The van der Waals surface area contributed by atoms with E-state index in [1.807, 2.05) is 18.2 Å². The Morgan fingerprint density at radius 2 is 2.05 bits per heavy atom. The average molecular weight is 275 g/mol. The summed E-state index contributed by atoms with van der Waals surface area (Å²) in [5.74, 6) is -0.461. The van der Waals surface area contributed by atoms with Crippen molar-refractivity contribution in [1.29, 1.82) is 0 Å². The molecule has 7 nitrogen and oxygen atoms in total. The number of hydrogen-bond acceptors (Lipinski definition) is 6. The number of hydrogen-bond donors (Lipinski definition) is 1. The minimum absolute atomic E-state index is 0.142. The third-order valence-corrected chi connectivity index (χ3v) is 2.59. The molecular formula is C13H13N3O4. The molecule has 104 valence electrons. The maximum Gasteiger partial charge on any atom is 0.405 e. The first kappa shape index (κ1) is 13.7. The summed E-state index contributed by atoms with van der Waals surface area (Å²) in [5.41, 5.74) is 5.60. The quantitative estimate of drug-likeness (QED) is 0.833. The van der Waals surface area contributed by atoms with Crippen molar-refractivity contribution >= 4 is 11.9 Å². The molecular weight excluding hydrogens is 262 g/mol. The first-order valence-electron chi connectivity index (χ1n) is 6.01. The van der Waals surface area contributed by atoms with E-state index in [1.165, 1.54) is 0 Å². The lowest BCUT2D eigenvalue weighted by Gasteiger charge is -2.10. The molecule has 0 aliphatic carbocycles. The molecule has 1 unspecified atom stereocenters. The molecule has 0 aliphatic heterocycles. The third kappa shape index (κ3) is 3.00. The van der Waals surface area contributed by atoms with Crippen LogP contribution in [-0.4, -0.2) is 28.1 Å². The number of primary amides is 1. The molecule has 0 aliphatic rings. The van der Waals surface area contributed by atoms with Crippen molar-refractivity contribution in [1.82, 2.24) is 10.1 Å². The third-order valence-electron chi connectivity index (χ3n) is 2.59. The summed E-state index contributed by atoms with van der Waals surface area (Å²) < 4.78 is 9.72. The molecule has 0 saturated carbocycles. The maximum atomic E-state index is 12.0. The van der Waals surface area contributed by atoms with Gasteiger partial charge in [-0.3, -0.25) is 4.79 Å². The lowest BCUT2D eigenvalue weighted by molar-refractivity contribution is 0.0634. The highest BCUT2D eigenvalue weighted by atomic mass is 16.6. The van der Waals surface area contributed by atoms with Crippen LogP contribution in [0.5, 0.6) is 0 Å². The van der Waals surface area contributed by atoms with Gasteiger partial charge in [-0.05, 0) is 18.6 Å². The van der Waals surface area contributed by atoms with Crippen LogP contribution in [0.15, 0.2) is 34.9 Å². The van der Waals surface area contributed by atoms with Gasteiger partial charge in [-0.25, -0.2) is 4.79 Å². The highest BCUT2D eigenvalue weighted by molar-refractivity contribution is 5.97. The summed E-state index contributed by atoms with van der Waals surface area (Å²) >= 11 is 0. The van der Waals surface area contributed by atoms with Crippen molar-refractivity contribution in [3.63, 3.8) is 0 Å². The topological polar surface area (TPSA) is 108 Å². The van der Waals surface area contributed by atoms with Gasteiger partial charge in [0.15, 0.2) is 6.10 Å². The molecule has 1 aromatic heterocycles. The van der Waals surface area contributed by atoms with Crippen molar-refractivity contribution in [3.05, 3.63) is 36.2 Å². The van der Waals surface area contributed by atoms with Crippen molar-refractivity contribution in [2.24, 2.45) is 5.73 Å². The van der Waals surface area contributed by atoms with Gasteiger partial charge in [-0.2, -0.15) is 4.98 Å². The fraction of sp³-hybridized carbons (Fsp3) is 0.231. The molecule has 0 bridgehead atoms. The number of ether oxygens (including phenoxy) is 1. The van der Waals surface area contributed by atoms with Crippen molar-refractivity contribution in [2.45, 2.75) is 19.4 Å². The molecule has 0 spiro atoms. The number of benzene rings is 1. The molecule has 0 saturated heterocycles. The van der Waals surface area contributed by atoms with Crippen LogP contribution >= 0.6 is 0 Å². The van der Waals surface area contributed by atoms with E-state index in [9.17, 15) is 9.59 Å². The van der Waals surface area contributed by atoms with Gasteiger partial charge in [0.2, 0.25) is 11.6 Å². The Morgan fingerprint density at radius 3 is 2.65 bits per heavy atom. The van der Waals surface area contributed by atoms with Gasteiger partial charge in [0, 0.05) is 5.56 Å². The van der Waals surface area contributed by atoms with Gasteiger partial charge in [-0.1, -0.05) is 30.3 Å². The molecule has 7 heteroatoms. The molecule has 1 aromatic carbocycles. The summed E-state index contributed by atoms with van der Waals surface area (Å²) in [7, 11) is 0. The number of carbonyl (C=O) groups is 2. The molecule has 2 N–H and O–H groups in total. The van der Waals surface area contributed by atoms with E-state index in [0.717, 1.165) is 0 Å². The van der Waals surface area contributed by atoms with E-state index < -0.39 is 18.0 Å². The molecule has 1 heterocycles. The van der Waals surface area contributed by atoms with E-state index >= 15 is 0 Å². The number of amides is 1. The van der Waals surface area contributed by atoms with Crippen LogP contribution in [-0.2, 0) is 4.74 Å². The fourth-order valence-electron chi connectivity index (χ4n) is 1.63. The van der Waals surface area contributed by atoms with Crippen LogP contribution in [0.1, 0.15) is 24.0 Å². The molecule has 20 heavy (non-hydrogen) atoms. The van der Waals surface area contributed by atoms with Crippen LogP contribution in [0.25, 0.3) is 11.5 Å². The lowest BCUT2D eigenvalue weighted by Crippen LogP contribution is -2.30. The maximum absolute atomic E-state index is 12.0. The van der Waals surface area contributed by atoms with Crippen LogP contribution < -0.4 is 5.73 Å². The minimum Gasteiger partial charge on any atom is -0.438 e. The predicted octanol–water partition coefficient (Wildman–Crippen LogP) is 1.79. The van der Waals surface area contributed by atoms with Crippen LogP contribution in [0.3, 0.4) is 0 Å². The Hall–Kier alpha value is -2.70. The number of aromatic nitrogens is 2. The van der Waals surface area contributed by atoms with Crippen LogP contribution in [0.4, 0.5) is 4.79 Å². The summed E-state index contributed by atoms with van der Waals surface area (Å²) in [6.45, 7) is 1.68. The summed E-state index contributed by atoms with van der Waals surface area (Å²) in [4.78, 5) is 26.7. The number of nitrogens with two attached hydrogens (primary N) is 1. The summed E-state index contributed by atoms with van der Waals surface area (Å²) in [6.07, 6.45) is -1.75. The monoisotopic (exact) mass is 275 g/mol. The van der Waals surface area contributed by atoms with Crippen LogP contribution in [0.2, 0.25) is 0 Å². The zero-order valence-corrected chi connectivity index (χ0v) is 10.8. The van der Waals surface area contributed by atoms with Gasteiger partial charge in [0.25, 0.3) is 5.89 Å². The Morgan fingerprint density at radius 1 is 1.35 bits per heavy atom. The number of Topliss-reactive ketones (excluding diaryl/α,β-unsaturated/α-hetero) is 1. The van der Waals surface area contributed by atoms with Crippen LogP contribution in [0, 0.1) is 0 Å². The van der Waals surface area contributed by atoms with E-state index in [2.05, 4.69) is 10.1 Å². The van der Waals surface area contributed by atoms with Gasteiger partial charge < -0.3 is 15.0 Å². The molecule has 2 aromatic rings. The predicted molar refractivity (Wildman–Crippen MR) is 68.8 cm³/mol. The Kier molecular flexibility index (Phi) is 4.09. The molecule has 1 atom stereocenters. The Bertz CT molecular complexity index is 609. The molecule has 1 amide bonds. The van der Waals surface area contributed by atoms with Gasteiger partial charge in [0.05, 0.1) is 0 Å². The average Bonchev–Trinajstić information content (AvgIpc) is 2.94. The first-order valence-corrected chi connectivity index (χ1v) is 6.01. The zero-order valence-electron chi connectivity index (χ0n) is 10.8. The second kappa shape index (κ2) is 5.96. The Balaban J connectivity index is 2.20. The number of carbonyl (C=O) groups excluding carboxylic acids is 2. The van der Waals surface area contributed by atoms with Gasteiger partial charge in [-0.15, -0.1) is 0 Å². The van der Waals surface area contributed by atoms with Crippen molar-refractivity contribution in [3.8, 4) is 11.5 Å². The van der Waals surface area contributed by atoms with Crippen molar-refractivity contribution < 1.29 is 18.8 Å². The van der Waals surface area contributed by atoms with E-state index in [1.54, 1.807) is 19.1 Å². The van der Waals surface area contributed by atoms with Gasteiger partial charge in [0.1, 0.15) is 0 Å². The van der Waals surface area contributed by atoms with Gasteiger partial charge >= 0.3 is 6.09 Å². The molecule has 0 fully saturated rings. The molecule has 2 rings (SSSR count). The Labute approximate surface area is 114 Å². The zero-order chi connectivity index (χ0) is 14.5. The smallest absolute Gasteiger partial charge is 0.405 e. The highest BCUT2D eigenvalue weighted by Crippen LogP contribution is 2.17. The summed E-state index contributed by atoms with van der Waals surface area (Å²) in [6, 6.07) is 9.02. The standard InChI is InChI=1S/C13H13N3O4/c1-2-9(19-13(14)18)10(17)11-15-12(20-16-11)8-6-4-3-5-7-8/h3-7,9H,2H2,1H3,(H2,14,18). The second-order valence-electron chi connectivity index (χ2n) is 3.99. The lowest BCUT2D eigenvalue weighted by atomic mass is 10.1. The van der Waals surface area contributed by atoms with E-state index in [-0.39, 0.29) is 18.1 Å². The molecule has 0 radical (unpaired) electrons. The highest BCUT2D eigenvalue weighted by Gasteiger charge is 2.26. The largest absolute Gasteiger partial charge is 0.438 e. The van der Waals surface area contributed by atoms with E-state index in [4.69, 9.17) is 15.0 Å². The first-order chi connectivity index (χ1) is 9.61. The number of nitrogens with zero attached hydrogens (tertiary/aromatic N) is 2. The van der Waals surface area contributed by atoms with Crippen molar-refractivity contribution in [2.75, 3.05) is 0 Å². The normalized spacial score (nSPS) is 11.8. The van der Waals surface area contributed by atoms with E-state index in [0.29, 0.717) is 5.56 Å². The fourth-order valence-corrected chi connectivity index (χ4v) is 1.63. The second-order valence-corrected chi connectivity index (χ2v) is 3.99. The number of ketones is 1. The minimum atomic E-state index is -1.02. The number of rotatable bonds is 5. The SMILES string of the molecule is CCC(OC(N)=O)C(=O)c1noc(-c2ccccc2)n1. The summed E-state index contributed by atoms with van der Waals surface area (Å²) in [5, 5.41) is 3.60.